The van der Waals surface area contributed by atoms with Crippen molar-refractivity contribution >= 4 is 11.7 Å². The van der Waals surface area contributed by atoms with Gasteiger partial charge >= 0.3 is 0 Å². The van der Waals surface area contributed by atoms with E-state index in [-0.39, 0.29) is 11.7 Å². The summed E-state index contributed by atoms with van der Waals surface area (Å²) in [5.41, 5.74) is 1.20. The monoisotopic (exact) mass is 357 g/mol. The minimum absolute atomic E-state index is 0.0338. The molecule has 0 bridgehead atoms. The van der Waals surface area contributed by atoms with Crippen LogP contribution in [0.15, 0.2) is 24.3 Å². The minimum atomic E-state index is 0.0338. The predicted octanol–water partition coefficient (Wildman–Crippen LogP) is 4.62. The molecule has 1 spiro atoms. The van der Waals surface area contributed by atoms with Gasteiger partial charge in [-0.3, -0.25) is 9.59 Å². The van der Waals surface area contributed by atoms with Gasteiger partial charge in [-0.25, -0.2) is 0 Å². The first kappa shape index (κ1) is 18.9. The van der Waals surface area contributed by atoms with Gasteiger partial charge in [0.1, 0.15) is 5.75 Å². The lowest BCUT2D eigenvalue weighted by atomic mass is 9.68. The van der Waals surface area contributed by atoms with Crippen molar-refractivity contribution in [1.82, 2.24) is 4.90 Å². The van der Waals surface area contributed by atoms with Crippen molar-refractivity contribution in [2.45, 2.75) is 64.7 Å². The number of carbonyl (C=O) groups is 2. The SMILES string of the molecule is CC(=O)c1cccc(OCCCC(=O)N2CCC3(CCCCC3)CC2)c1. The van der Waals surface area contributed by atoms with Gasteiger partial charge in [0.2, 0.25) is 5.91 Å². The van der Waals surface area contributed by atoms with Crippen LogP contribution in [0.3, 0.4) is 0 Å². The summed E-state index contributed by atoms with van der Waals surface area (Å²) >= 11 is 0. The highest BCUT2D eigenvalue weighted by Crippen LogP contribution is 2.44. The van der Waals surface area contributed by atoms with E-state index in [2.05, 4.69) is 4.90 Å². The number of ketones is 1. The van der Waals surface area contributed by atoms with Crippen molar-refractivity contribution in [2.24, 2.45) is 5.41 Å². The van der Waals surface area contributed by atoms with Gasteiger partial charge in [-0.2, -0.15) is 0 Å². The van der Waals surface area contributed by atoms with E-state index >= 15 is 0 Å². The molecule has 1 aromatic carbocycles. The Bertz CT molecular complexity index is 624. The van der Waals surface area contributed by atoms with Crippen LogP contribution in [0.1, 0.15) is 75.1 Å². The molecule has 0 aromatic heterocycles. The maximum Gasteiger partial charge on any atom is 0.222 e. The summed E-state index contributed by atoms with van der Waals surface area (Å²) in [6.45, 7) is 3.92. The Balaban J connectivity index is 1.37. The molecule has 2 fully saturated rings. The number of hydrogen-bond donors (Lipinski definition) is 0. The Morgan fingerprint density at radius 2 is 1.81 bits per heavy atom. The first-order chi connectivity index (χ1) is 12.6. The van der Waals surface area contributed by atoms with E-state index in [9.17, 15) is 9.59 Å². The van der Waals surface area contributed by atoms with Crippen LogP contribution >= 0.6 is 0 Å². The Morgan fingerprint density at radius 3 is 2.50 bits per heavy atom. The van der Waals surface area contributed by atoms with Crippen molar-refractivity contribution < 1.29 is 14.3 Å². The summed E-state index contributed by atoms with van der Waals surface area (Å²) in [6.07, 6.45) is 10.5. The zero-order chi connectivity index (χ0) is 18.4. The number of Topliss-reactive ketones (excluding diaryl/α,β-unsaturated/α-hetero) is 1. The fourth-order valence-electron chi connectivity index (χ4n) is 4.41. The molecule has 1 aliphatic carbocycles. The van der Waals surface area contributed by atoms with Crippen LogP contribution in [0.4, 0.5) is 0 Å². The summed E-state index contributed by atoms with van der Waals surface area (Å²) in [5.74, 6) is 0.991. The average molecular weight is 357 g/mol. The van der Waals surface area contributed by atoms with E-state index in [1.807, 2.05) is 12.1 Å². The lowest BCUT2D eigenvalue weighted by molar-refractivity contribution is -0.134. The maximum absolute atomic E-state index is 12.4. The van der Waals surface area contributed by atoms with Crippen molar-refractivity contribution in [2.75, 3.05) is 19.7 Å². The number of likely N-dealkylation sites (tertiary alicyclic amines) is 1. The van der Waals surface area contributed by atoms with E-state index in [1.165, 1.54) is 44.9 Å². The van der Waals surface area contributed by atoms with E-state index in [4.69, 9.17) is 4.74 Å². The van der Waals surface area contributed by atoms with Gasteiger partial charge in [-0.05, 0) is 56.6 Å². The van der Waals surface area contributed by atoms with Gasteiger partial charge in [-0.15, -0.1) is 0 Å². The Labute approximate surface area is 156 Å². The summed E-state index contributed by atoms with van der Waals surface area (Å²) < 4.78 is 5.70. The fraction of sp³-hybridized carbons (Fsp3) is 0.636. The lowest BCUT2D eigenvalue weighted by Crippen LogP contribution is -2.43. The molecule has 142 valence electrons. The first-order valence-electron chi connectivity index (χ1n) is 10.1. The van der Waals surface area contributed by atoms with Crippen LogP contribution in [0, 0.1) is 5.41 Å². The number of rotatable bonds is 6. The quantitative estimate of drug-likeness (QED) is 0.551. The first-order valence-corrected chi connectivity index (χ1v) is 10.1. The van der Waals surface area contributed by atoms with Gasteiger partial charge in [0.05, 0.1) is 6.61 Å². The zero-order valence-corrected chi connectivity index (χ0v) is 16.0. The van der Waals surface area contributed by atoms with Gasteiger partial charge < -0.3 is 9.64 Å². The fourth-order valence-corrected chi connectivity index (χ4v) is 4.41. The molecule has 0 unspecified atom stereocenters. The molecule has 0 radical (unpaired) electrons. The molecular weight excluding hydrogens is 326 g/mol. The second-order valence-corrected chi connectivity index (χ2v) is 7.98. The molecule has 1 saturated carbocycles. The highest BCUT2D eigenvalue weighted by Gasteiger charge is 2.36. The topological polar surface area (TPSA) is 46.6 Å². The summed E-state index contributed by atoms with van der Waals surface area (Å²) in [4.78, 5) is 25.9. The van der Waals surface area contributed by atoms with E-state index in [0.29, 0.717) is 36.2 Å². The number of ether oxygens (including phenoxy) is 1. The molecule has 1 aliphatic heterocycles. The maximum atomic E-state index is 12.4. The van der Waals surface area contributed by atoms with Gasteiger partial charge in [0.25, 0.3) is 0 Å². The third-order valence-electron chi connectivity index (χ3n) is 6.14. The zero-order valence-electron chi connectivity index (χ0n) is 16.0. The summed E-state index contributed by atoms with van der Waals surface area (Å²) in [5, 5.41) is 0. The third-order valence-corrected chi connectivity index (χ3v) is 6.14. The molecule has 0 N–H and O–H groups in total. The Morgan fingerprint density at radius 1 is 1.08 bits per heavy atom. The molecular formula is C22H31NO3. The average Bonchev–Trinajstić information content (AvgIpc) is 2.66. The normalized spacial score (nSPS) is 19.3. The predicted molar refractivity (Wildman–Crippen MR) is 103 cm³/mol. The minimum Gasteiger partial charge on any atom is -0.494 e. The van der Waals surface area contributed by atoms with Crippen molar-refractivity contribution in [3.8, 4) is 5.75 Å². The molecule has 0 atom stereocenters. The molecule has 4 nitrogen and oxygen atoms in total. The van der Waals surface area contributed by atoms with Crippen molar-refractivity contribution in [3.63, 3.8) is 0 Å². The number of piperidine rings is 1. The molecule has 3 rings (SSSR count). The van der Waals surface area contributed by atoms with E-state index in [0.717, 1.165) is 13.1 Å². The molecule has 1 saturated heterocycles. The van der Waals surface area contributed by atoms with Crippen LogP contribution in [-0.4, -0.2) is 36.3 Å². The van der Waals surface area contributed by atoms with Gasteiger partial charge in [0, 0.05) is 25.1 Å². The van der Waals surface area contributed by atoms with Crippen LogP contribution < -0.4 is 4.74 Å². The van der Waals surface area contributed by atoms with Crippen LogP contribution in [0.5, 0.6) is 5.75 Å². The second-order valence-electron chi connectivity index (χ2n) is 7.98. The Kier molecular flexibility index (Phi) is 6.33. The van der Waals surface area contributed by atoms with E-state index < -0.39 is 0 Å². The highest BCUT2D eigenvalue weighted by atomic mass is 16.5. The lowest BCUT2D eigenvalue weighted by Gasteiger charge is -2.44. The summed E-state index contributed by atoms with van der Waals surface area (Å²) in [7, 11) is 0. The molecule has 1 aromatic rings. The number of carbonyl (C=O) groups excluding carboxylic acids is 2. The van der Waals surface area contributed by atoms with Crippen LogP contribution in [0.25, 0.3) is 0 Å². The molecule has 26 heavy (non-hydrogen) atoms. The smallest absolute Gasteiger partial charge is 0.222 e. The van der Waals surface area contributed by atoms with Crippen molar-refractivity contribution in [1.29, 1.82) is 0 Å². The molecule has 4 heteroatoms. The molecule has 1 heterocycles. The number of benzene rings is 1. The second kappa shape index (κ2) is 8.70. The Hall–Kier alpha value is -1.84. The van der Waals surface area contributed by atoms with Crippen LogP contribution in [0.2, 0.25) is 0 Å². The number of nitrogens with zero attached hydrogens (tertiary/aromatic N) is 1. The molecule has 2 aliphatic rings. The van der Waals surface area contributed by atoms with Gasteiger partial charge in [0.15, 0.2) is 5.78 Å². The largest absolute Gasteiger partial charge is 0.494 e. The van der Waals surface area contributed by atoms with Gasteiger partial charge in [-0.1, -0.05) is 31.4 Å². The van der Waals surface area contributed by atoms with Crippen LogP contribution in [-0.2, 0) is 4.79 Å². The third kappa shape index (κ3) is 4.87. The number of amides is 1. The molecule has 1 amide bonds. The van der Waals surface area contributed by atoms with E-state index in [1.54, 1.807) is 19.1 Å². The highest BCUT2D eigenvalue weighted by molar-refractivity contribution is 5.94. The number of hydrogen-bond acceptors (Lipinski definition) is 3. The standard InChI is InChI=1S/C22H31NO3/c1-18(24)19-7-5-8-20(17-19)26-16-6-9-21(25)23-14-12-22(13-15-23)10-3-2-4-11-22/h5,7-8,17H,2-4,6,9-16H2,1H3. The van der Waals surface area contributed by atoms with Crippen molar-refractivity contribution in [3.05, 3.63) is 29.8 Å². The summed E-state index contributed by atoms with van der Waals surface area (Å²) in [6, 6.07) is 7.22.